The van der Waals surface area contributed by atoms with Crippen LogP contribution in [0.15, 0.2) is 0 Å². The Morgan fingerprint density at radius 3 is 1.53 bits per heavy atom. The van der Waals surface area contributed by atoms with Gasteiger partial charge < -0.3 is 0 Å². The van der Waals surface area contributed by atoms with Gasteiger partial charge in [-0.3, -0.25) is 0 Å². The largest absolute Gasteiger partial charge is 0.127 e. The minimum atomic E-state index is 0.517. The fraction of sp³-hybridized carbons (Fsp3) is 1.00. The number of hydrogen-bond acceptors (Lipinski definition) is 0. The predicted octanol–water partition coefficient (Wildman–Crippen LogP) is 6.56. The van der Waals surface area contributed by atoms with Crippen LogP contribution in [-0.4, -0.2) is 5.88 Å². The van der Waals surface area contributed by atoms with Crippen molar-refractivity contribution in [2.45, 2.75) is 91.4 Å². The lowest BCUT2D eigenvalue weighted by Crippen LogP contribution is -2.17. The van der Waals surface area contributed by atoms with Crippen LogP contribution in [0.5, 0.6) is 0 Å². The molecule has 0 aliphatic heterocycles. The molecule has 0 aromatic rings. The third-order valence-corrected chi connectivity index (χ3v) is 4.15. The summed E-state index contributed by atoms with van der Waals surface area (Å²) in [6.45, 7) is 7.01. The van der Waals surface area contributed by atoms with E-state index in [2.05, 4.69) is 20.8 Å². The molecule has 0 saturated carbocycles. The molecule has 0 amide bonds. The zero-order valence-electron chi connectivity index (χ0n) is 12.4. The molecule has 0 aromatic heterocycles. The van der Waals surface area contributed by atoms with E-state index in [4.69, 9.17) is 11.6 Å². The van der Waals surface area contributed by atoms with E-state index >= 15 is 0 Å². The van der Waals surface area contributed by atoms with Crippen LogP contribution in [0.2, 0.25) is 0 Å². The molecule has 0 saturated heterocycles. The highest BCUT2D eigenvalue weighted by Crippen LogP contribution is 2.35. The first-order valence-electron chi connectivity index (χ1n) is 7.74. The van der Waals surface area contributed by atoms with E-state index in [9.17, 15) is 0 Å². The lowest BCUT2D eigenvalue weighted by molar-refractivity contribution is 0.243. The van der Waals surface area contributed by atoms with Crippen LogP contribution in [0.25, 0.3) is 0 Å². The van der Waals surface area contributed by atoms with Crippen LogP contribution < -0.4 is 0 Å². The van der Waals surface area contributed by atoms with Gasteiger partial charge in [0, 0.05) is 5.88 Å². The lowest BCUT2D eigenvalue weighted by Gasteiger charge is -2.29. The van der Waals surface area contributed by atoms with Crippen molar-refractivity contribution in [3.63, 3.8) is 0 Å². The molecule has 0 rings (SSSR count). The summed E-state index contributed by atoms with van der Waals surface area (Å²) >= 11 is 5.97. The van der Waals surface area contributed by atoms with Gasteiger partial charge in [-0.15, -0.1) is 11.6 Å². The molecule has 0 bridgehead atoms. The maximum Gasteiger partial charge on any atom is 0.0228 e. The first-order valence-corrected chi connectivity index (χ1v) is 8.28. The Morgan fingerprint density at radius 2 is 1.18 bits per heavy atom. The molecule has 0 aliphatic carbocycles. The summed E-state index contributed by atoms with van der Waals surface area (Å²) < 4.78 is 0. The molecule has 0 nitrogen and oxygen atoms in total. The zero-order chi connectivity index (χ0) is 13.0. The van der Waals surface area contributed by atoms with Crippen molar-refractivity contribution in [3.8, 4) is 0 Å². The van der Waals surface area contributed by atoms with E-state index in [-0.39, 0.29) is 0 Å². The standard InChI is InChI=1S/C16H33Cl/c1-4-6-8-10-12-16(3,14-15-17)13-11-9-7-5-2/h4-15H2,1-3H3. The van der Waals surface area contributed by atoms with Gasteiger partial charge in [0.15, 0.2) is 0 Å². The van der Waals surface area contributed by atoms with Gasteiger partial charge >= 0.3 is 0 Å². The topological polar surface area (TPSA) is 0 Å². The SMILES string of the molecule is CCCCCCC(C)(CCCl)CCCCCC. The molecule has 1 heteroatoms. The molecule has 0 N–H and O–H groups in total. The van der Waals surface area contributed by atoms with Crippen molar-refractivity contribution in [2.24, 2.45) is 5.41 Å². The quantitative estimate of drug-likeness (QED) is 0.275. The molecule has 17 heavy (non-hydrogen) atoms. The van der Waals surface area contributed by atoms with E-state index in [0.717, 1.165) is 5.88 Å². The van der Waals surface area contributed by atoms with Crippen LogP contribution >= 0.6 is 11.6 Å². The number of unbranched alkanes of at least 4 members (excludes halogenated alkanes) is 6. The molecule has 0 fully saturated rings. The average Bonchev–Trinajstić information content (AvgIpc) is 2.31. The average molecular weight is 261 g/mol. The third kappa shape index (κ3) is 9.94. The Balaban J connectivity index is 3.80. The number of hydrogen-bond donors (Lipinski definition) is 0. The Kier molecular flexibility index (Phi) is 11.6. The van der Waals surface area contributed by atoms with Gasteiger partial charge in [0.2, 0.25) is 0 Å². The van der Waals surface area contributed by atoms with Gasteiger partial charge in [-0.05, 0) is 24.7 Å². The molecule has 0 spiro atoms. The fourth-order valence-corrected chi connectivity index (χ4v) is 3.02. The summed E-state index contributed by atoms with van der Waals surface area (Å²) in [5.41, 5.74) is 0.517. The second kappa shape index (κ2) is 11.4. The van der Waals surface area contributed by atoms with Gasteiger partial charge in [-0.2, -0.15) is 0 Å². The minimum Gasteiger partial charge on any atom is -0.127 e. The summed E-state index contributed by atoms with van der Waals surface area (Å²) in [6.07, 6.45) is 15.0. The predicted molar refractivity (Wildman–Crippen MR) is 81.0 cm³/mol. The molecular formula is C16H33Cl. The highest BCUT2D eigenvalue weighted by Gasteiger charge is 2.22. The molecule has 0 heterocycles. The highest BCUT2D eigenvalue weighted by atomic mass is 35.5. The number of rotatable bonds is 12. The van der Waals surface area contributed by atoms with Crippen molar-refractivity contribution >= 4 is 11.6 Å². The third-order valence-electron chi connectivity index (χ3n) is 3.97. The summed E-state index contributed by atoms with van der Waals surface area (Å²) in [4.78, 5) is 0. The maximum absolute atomic E-state index is 5.97. The molecule has 0 radical (unpaired) electrons. The monoisotopic (exact) mass is 260 g/mol. The summed E-state index contributed by atoms with van der Waals surface area (Å²) in [6, 6.07) is 0. The first-order chi connectivity index (χ1) is 8.18. The van der Waals surface area contributed by atoms with E-state index in [1.54, 1.807) is 0 Å². The Labute approximate surface area is 115 Å². The van der Waals surface area contributed by atoms with Crippen LogP contribution in [0.3, 0.4) is 0 Å². The van der Waals surface area contributed by atoms with Crippen molar-refractivity contribution in [2.75, 3.05) is 5.88 Å². The second-order valence-electron chi connectivity index (χ2n) is 5.87. The van der Waals surface area contributed by atoms with Gasteiger partial charge in [0.1, 0.15) is 0 Å². The summed E-state index contributed by atoms with van der Waals surface area (Å²) in [5.74, 6) is 0.831. The summed E-state index contributed by atoms with van der Waals surface area (Å²) in [7, 11) is 0. The smallest absolute Gasteiger partial charge is 0.0228 e. The van der Waals surface area contributed by atoms with Crippen LogP contribution in [0.4, 0.5) is 0 Å². The second-order valence-corrected chi connectivity index (χ2v) is 6.25. The first kappa shape index (κ1) is 17.3. The highest BCUT2D eigenvalue weighted by molar-refractivity contribution is 6.17. The summed E-state index contributed by atoms with van der Waals surface area (Å²) in [5, 5.41) is 0. The maximum atomic E-state index is 5.97. The van der Waals surface area contributed by atoms with Crippen molar-refractivity contribution in [1.82, 2.24) is 0 Å². The van der Waals surface area contributed by atoms with Crippen molar-refractivity contribution < 1.29 is 0 Å². The number of halogens is 1. The Hall–Kier alpha value is 0.290. The van der Waals surface area contributed by atoms with Gasteiger partial charge in [0.25, 0.3) is 0 Å². The fourth-order valence-electron chi connectivity index (χ4n) is 2.56. The molecule has 0 unspecified atom stereocenters. The van der Waals surface area contributed by atoms with E-state index in [1.165, 1.54) is 70.6 Å². The van der Waals surface area contributed by atoms with Crippen LogP contribution in [0.1, 0.15) is 91.4 Å². The Morgan fingerprint density at radius 1 is 0.706 bits per heavy atom. The van der Waals surface area contributed by atoms with Gasteiger partial charge in [0.05, 0.1) is 0 Å². The number of alkyl halides is 1. The van der Waals surface area contributed by atoms with Crippen molar-refractivity contribution in [3.05, 3.63) is 0 Å². The minimum absolute atomic E-state index is 0.517. The molecular weight excluding hydrogens is 228 g/mol. The van der Waals surface area contributed by atoms with E-state index in [0.29, 0.717) is 5.41 Å². The normalized spacial score (nSPS) is 12.0. The van der Waals surface area contributed by atoms with Gasteiger partial charge in [-0.1, -0.05) is 72.1 Å². The molecule has 104 valence electrons. The Bertz CT molecular complexity index is 142. The van der Waals surface area contributed by atoms with Crippen LogP contribution in [0, 0.1) is 5.41 Å². The van der Waals surface area contributed by atoms with Gasteiger partial charge in [-0.25, -0.2) is 0 Å². The zero-order valence-corrected chi connectivity index (χ0v) is 13.1. The van der Waals surface area contributed by atoms with E-state index < -0.39 is 0 Å². The molecule has 0 atom stereocenters. The lowest BCUT2D eigenvalue weighted by atomic mass is 9.77. The van der Waals surface area contributed by atoms with Crippen LogP contribution in [-0.2, 0) is 0 Å². The molecule has 0 aromatic carbocycles. The van der Waals surface area contributed by atoms with Crippen molar-refractivity contribution in [1.29, 1.82) is 0 Å². The van der Waals surface area contributed by atoms with E-state index in [1.807, 2.05) is 0 Å². The molecule has 0 aliphatic rings.